The van der Waals surface area contributed by atoms with Crippen molar-refractivity contribution >= 4 is 5.91 Å². The predicted octanol–water partition coefficient (Wildman–Crippen LogP) is 2.86. The largest absolute Gasteiger partial charge is 0.463 e. The second-order valence-electron chi connectivity index (χ2n) is 5.64. The quantitative estimate of drug-likeness (QED) is 0.784. The van der Waals surface area contributed by atoms with Crippen LogP contribution in [0.3, 0.4) is 0 Å². The number of carbonyl (C=O) groups is 1. The number of methoxy groups -OCH3 is 1. The Kier molecular flexibility index (Phi) is 3.66. The zero-order valence-electron chi connectivity index (χ0n) is 13.2. The number of H-pyrrole nitrogens is 1. The summed E-state index contributed by atoms with van der Waals surface area (Å²) in [5.41, 5.74) is 3.09. The second kappa shape index (κ2) is 5.98. The molecule has 2 aromatic heterocycles. The number of nitrogens with zero attached hydrogens (tertiary/aromatic N) is 2. The lowest BCUT2D eigenvalue weighted by molar-refractivity contribution is 0.0677. The number of hydrogen-bond donors (Lipinski definition) is 1. The van der Waals surface area contributed by atoms with E-state index in [2.05, 4.69) is 10.2 Å². The molecule has 3 heterocycles. The lowest BCUT2D eigenvalue weighted by Gasteiger charge is -2.25. The van der Waals surface area contributed by atoms with Gasteiger partial charge in [0, 0.05) is 19.2 Å². The van der Waals surface area contributed by atoms with Crippen LogP contribution in [0.2, 0.25) is 0 Å². The Labute approximate surface area is 139 Å². The molecule has 1 atom stereocenters. The third kappa shape index (κ3) is 2.23. The number of benzene rings is 1. The molecular weight excluding hydrogens is 306 g/mol. The Balaban J connectivity index is 1.85. The van der Waals surface area contributed by atoms with E-state index < -0.39 is 0 Å². The molecule has 6 heteroatoms. The van der Waals surface area contributed by atoms with E-state index in [-0.39, 0.29) is 11.9 Å². The molecule has 0 fully saturated rings. The fourth-order valence-electron chi connectivity index (χ4n) is 3.20. The third-order valence-electron chi connectivity index (χ3n) is 4.27. The van der Waals surface area contributed by atoms with Gasteiger partial charge in [0.2, 0.25) is 0 Å². The molecule has 0 bridgehead atoms. The van der Waals surface area contributed by atoms with E-state index in [0.717, 1.165) is 16.8 Å². The normalized spacial score (nSPS) is 16.6. The van der Waals surface area contributed by atoms with Gasteiger partial charge in [-0.2, -0.15) is 5.10 Å². The number of amides is 1. The number of furan rings is 1. The van der Waals surface area contributed by atoms with E-state index in [1.165, 1.54) is 0 Å². The minimum Gasteiger partial charge on any atom is -0.463 e. The topological polar surface area (TPSA) is 71.4 Å². The number of nitrogens with one attached hydrogen (secondary N) is 1. The summed E-state index contributed by atoms with van der Waals surface area (Å²) in [7, 11) is 1.63. The first-order valence-electron chi connectivity index (χ1n) is 7.78. The molecule has 1 aliphatic heterocycles. The maximum absolute atomic E-state index is 12.8. The van der Waals surface area contributed by atoms with Crippen molar-refractivity contribution in [2.24, 2.45) is 0 Å². The number of hydrogen-bond acceptors (Lipinski definition) is 4. The van der Waals surface area contributed by atoms with Gasteiger partial charge in [-0.1, -0.05) is 30.3 Å². The summed E-state index contributed by atoms with van der Waals surface area (Å²) in [5.74, 6) is 0.580. The minimum atomic E-state index is -0.206. The average Bonchev–Trinajstić information content (AvgIpc) is 3.32. The van der Waals surface area contributed by atoms with Crippen LogP contribution >= 0.6 is 0 Å². The summed E-state index contributed by atoms with van der Waals surface area (Å²) >= 11 is 0. The fourth-order valence-corrected chi connectivity index (χ4v) is 3.20. The van der Waals surface area contributed by atoms with Gasteiger partial charge in [-0.05, 0) is 17.7 Å². The molecule has 3 aromatic rings. The van der Waals surface area contributed by atoms with E-state index in [1.54, 1.807) is 18.3 Å². The van der Waals surface area contributed by atoms with Crippen LogP contribution in [-0.4, -0.2) is 41.3 Å². The summed E-state index contributed by atoms with van der Waals surface area (Å²) in [5, 5.41) is 7.21. The molecule has 1 aliphatic rings. The van der Waals surface area contributed by atoms with Crippen molar-refractivity contribution in [1.82, 2.24) is 15.1 Å². The highest BCUT2D eigenvalue weighted by molar-refractivity contribution is 5.99. The van der Waals surface area contributed by atoms with Crippen molar-refractivity contribution in [3.8, 4) is 11.5 Å². The van der Waals surface area contributed by atoms with Crippen LogP contribution in [-0.2, 0) is 4.74 Å². The van der Waals surface area contributed by atoms with E-state index >= 15 is 0 Å². The van der Waals surface area contributed by atoms with Crippen molar-refractivity contribution in [2.75, 3.05) is 20.3 Å². The zero-order valence-corrected chi connectivity index (χ0v) is 13.2. The molecule has 1 amide bonds. The van der Waals surface area contributed by atoms with Crippen molar-refractivity contribution in [1.29, 1.82) is 0 Å². The van der Waals surface area contributed by atoms with Gasteiger partial charge in [0.15, 0.2) is 11.5 Å². The summed E-state index contributed by atoms with van der Waals surface area (Å²) in [4.78, 5) is 14.6. The molecule has 0 radical (unpaired) electrons. The molecule has 1 aromatic carbocycles. The Morgan fingerprint density at radius 1 is 1.25 bits per heavy atom. The highest BCUT2D eigenvalue weighted by atomic mass is 16.5. The Morgan fingerprint density at radius 3 is 2.79 bits per heavy atom. The highest BCUT2D eigenvalue weighted by Crippen LogP contribution is 2.42. The molecule has 6 nitrogen and oxygen atoms in total. The molecule has 0 unspecified atom stereocenters. The van der Waals surface area contributed by atoms with Crippen molar-refractivity contribution in [2.45, 2.75) is 6.04 Å². The first-order valence-corrected chi connectivity index (χ1v) is 7.78. The van der Waals surface area contributed by atoms with Crippen LogP contribution < -0.4 is 0 Å². The summed E-state index contributed by atoms with van der Waals surface area (Å²) in [6.07, 6.45) is 1.61. The molecule has 0 saturated carbocycles. The van der Waals surface area contributed by atoms with Crippen LogP contribution in [0.15, 0.2) is 53.1 Å². The number of aromatic nitrogens is 2. The maximum atomic E-state index is 12.8. The smallest absolute Gasteiger partial charge is 0.275 e. The SMILES string of the molecule is COCCN1C(=O)c2n[nH]c(-c3ccco3)c2[C@@H]1c1ccccc1. The van der Waals surface area contributed by atoms with Crippen LogP contribution in [0.1, 0.15) is 27.7 Å². The Bertz CT molecular complexity index is 840. The monoisotopic (exact) mass is 323 g/mol. The van der Waals surface area contributed by atoms with E-state index in [4.69, 9.17) is 9.15 Å². The van der Waals surface area contributed by atoms with Crippen LogP contribution in [0.5, 0.6) is 0 Å². The van der Waals surface area contributed by atoms with E-state index in [0.29, 0.717) is 24.6 Å². The van der Waals surface area contributed by atoms with Gasteiger partial charge in [0.1, 0.15) is 5.69 Å². The molecule has 0 saturated heterocycles. The van der Waals surface area contributed by atoms with E-state index in [1.807, 2.05) is 42.5 Å². The first-order chi connectivity index (χ1) is 11.8. The summed E-state index contributed by atoms with van der Waals surface area (Å²) < 4.78 is 10.7. The number of ether oxygens (including phenoxy) is 1. The molecule has 4 rings (SSSR count). The lowest BCUT2D eigenvalue weighted by Crippen LogP contribution is -2.32. The maximum Gasteiger partial charge on any atom is 0.275 e. The van der Waals surface area contributed by atoms with Crippen molar-refractivity contribution < 1.29 is 13.9 Å². The summed E-state index contributed by atoms with van der Waals surface area (Å²) in [6, 6.07) is 13.4. The van der Waals surface area contributed by atoms with Gasteiger partial charge in [0.05, 0.1) is 18.9 Å². The van der Waals surface area contributed by atoms with Gasteiger partial charge in [-0.25, -0.2) is 0 Å². The summed E-state index contributed by atoms with van der Waals surface area (Å²) in [6.45, 7) is 0.974. The van der Waals surface area contributed by atoms with Crippen LogP contribution in [0, 0.1) is 0 Å². The number of rotatable bonds is 5. The molecule has 0 spiro atoms. The highest BCUT2D eigenvalue weighted by Gasteiger charge is 2.42. The Hall–Kier alpha value is -2.86. The standard InChI is InChI=1S/C18H17N3O3/c1-23-11-9-21-17(12-6-3-2-4-7-12)14-15(13-8-5-10-24-13)19-20-16(14)18(21)22/h2-8,10,17H,9,11H2,1H3,(H,19,20)/t17-/m0/s1. The molecule has 0 aliphatic carbocycles. The van der Waals surface area contributed by atoms with Crippen LogP contribution in [0.25, 0.3) is 11.5 Å². The fraction of sp³-hybridized carbons (Fsp3) is 0.222. The van der Waals surface area contributed by atoms with Crippen molar-refractivity contribution in [3.05, 3.63) is 65.5 Å². The Morgan fingerprint density at radius 2 is 2.08 bits per heavy atom. The minimum absolute atomic E-state index is 0.0926. The van der Waals surface area contributed by atoms with Crippen LogP contribution in [0.4, 0.5) is 0 Å². The number of fused-ring (bicyclic) bond motifs is 1. The number of aromatic amines is 1. The van der Waals surface area contributed by atoms with Gasteiger partial charge >= 0.3 is 0 Å². The third-order valence-corrected chi connectivity index (χ3v) is 4.27. The van der Waals surface area contributed by atoms with Crippen molar-refractivity contribution in [3.63, 3.8) is 0 Å². The molecule has 1 N–H and O–H groups in total. The van der Waals surface area contributed by atoms with Gasteiger partial charge in [0.25, 0.3) is 5.91 Å². The van der Waals surface area contributed by atoms with Gasteiger partial charge < -0.3 is 14.1 Å². The molecule has 24 heavy (non-hydrogen) atoms. The predicted molar refractivity (Wildman–Crippen MR) is 87.5 cm³/mol. The number of carbonyl (C=O) groups excluding carboxylic acids is 1. The van der Waals surface area contributed by atoms with Gasteiger partial charge in [-0.15, -0.1) is 0 Å². The average molecular weight is 323 g/mol. The second-order valence-corrected chi connectivity index (χ2v) is 5.64. The zero-order chi connectivity index (χ0) is 16.5. The lowest BCUT2D eigenvalue weighted by atomic mass is 9.98. The molecular formula is C18H17N3O3. The first kappa shape index (κ1) is 14.7. The van der Waals surface area contributed by atoms with Gasteiger partial charge in [-0.3, -0.25) is 9.89 Å². The molecule has 122 valence electrons. The van der Waals surface area contributed by atoms with E-state index in [9.17, 15) is 4.79 Å².